The molecular weight excluding hydrogens is 198 g/mol. The number of nitrogens with zero attached hydrogens (tertiary/aromatic N) is 1. The van der Waals surface area contributed by atoms with Crippen LogP contribution < -0.4 is 0 Å². The first-order chi connectivity index (χ1) is 7.20. The van der Waals surface area contributed by atoms with Crippen molar-refractivity contribution in [2.75, 3.05) is 6.61 Å². The SMILES string of the molecule is CCOC(=O)/C(C#N)=C(\O)c1ccco1. The van der Waals surface area contributed by atoms with Crippen LogP contribution in [0.1, 0.15) is 12.7 Å². The van der Waals surface area contributed by atoms with Crippen molar-refractivity contribution in [2.45, 2.75) is 6.92 Å². The smallest absolute Gasteiger partial charge is 0.352 e. The molecule has 0 fully saturated rings. The van der Waals surface area contributed by atoms with E-state index < -0.39 is 17.3 Å². The van der Waals surface area contributed by atoms with Gasteiger partial charge in [-0.05, 0) is 19.1 Å². The van der Waals surface area contributed by atoms with Gasteiger partial charge in [0.05, 0.1) is 12.9 Å². The Morgan fingerprint density at radius 3 is 2.93 bits per heavy atom. The second-order valence-electron chi connectivity index (χ2n) is 2.53. The molecule has 1 aromatic rings. The molecule has 1 rings (SSSR count). The quantitative estimate of drug-likeness (QED) is 0.352. The van der Waals surface area contributed by atoms with Gasteiger partial charge in [-0.2, -0.15) is 5.26 Å². The average molecular weight is 207 g/mol. The highest BCUT2D eigenvalue weighted by Crippen LogP contribution is 2.16. The number of hydrogen-bond donors (Lipinski definition) is 1. The normalized spacial score (nSPS) is 11.5. The number of carbonyl (C=O) groups excluding carboxylic acids is 1. The molecule has 5 nitrogen and oxygen atoms in total. The Morgan fingerprint density at radius 2 is 2.47 bits per heavy atom. The van der Waals surface area contributed by atoms with Crippen LogP contribution in [0.3, 0.4) is 0 Å². The summed E-state index contributed by atoms with van der Waals surface area (Å²) < 4.78 is 9.43. The predicted octanol–water partition coefficient (Wildman–Crippen LogP) is 1.64. The molecule has 78 valence electrons. The Bertz CT molecular complexity index is 411. The number of rotatable bonds is 3. The van der Waals surface area contributed by atoms with Gasteiger partial charge in [-0.3, -0.25) is 0 Å². The van der Waals surface area contributed by atoms with E-state index in [0.717, 1.165) is 0 Å². The van der Waals surface area contributed by atoms with Crippen LogP contribution in [0, 0.1) is 11.3 Å². The molecule has 0 bridgehead atoms. The summed E-state index contributed by atoms with van der Waals surface area (Å²) in [7, 11) is 0. The fourth-order valence-corrected chi connectivity index (χ4v) is 0.935. The topological polar surface area (TPSA) is 83.5 Å². The predicted molar refractivity (Wildman–Crippen MR) is 50.5 cm³/mol. The van der Waals surface area contributed by atoms with Crippen LogP contribution >= 0.6 is 0 Å². The average Bonchev–Trinajstić information content (AvgIpc) is 2.71. The first-order valence-corrected chi connectivity index (χ1v) is 4.25. The van der Waals surface area contributed by atoms with Gasteiger partial charge in [-0.15, -0.1) is 0 Å². The summed E-state index contributed by atoms with van der Waals surface area (Å²) in [6.07, 6.45) is 1.33. The number of hydrogen-bond acceptors (Lipinski definition) is 5. The first-order valence-electron chi connectivity index (χ1n) is 4.25. The maximum atomic E-state index is 11.2. The monoisotopic (exact) mass is 207 g/mol. The highest BCUT2D eigenvalue weighted by atomic mass is 16.5. The van der Waals surface area contributed by atoms with Gasteiger partial charge in [0.2, 0.25) is 0 Å². The molecular formula is C10H9NO4. The number of esters is 1. The number of aliphatic hydroxyl groups is 1. The summed E-state index contributed by atoms with van der Waals surface area (Å²) in [5.74, 6) is -1.32. The third-order valence-electron chi connectivity index (χ3n) is 1.58. The second-order valence-corrected chi connectivity index (χ2v) is 2.53. The molecule has 1 heterocycles. The number of furan rings is 1. The molecule has 1 N–H and O–H groups in total. The molecule has 0 amide bonds. The molecule has 0 radical (unpaired) electrons. The van der Waals surface area contributed by atoms with Crippen LogP contribution in [0.5, 0.6) is 0 Å². The lowest BCUT2D eigenvalue weighted by atomic mass is 10.2. The highest BCUT2D eigenvalue weighted by Gasteiger charge is 2.18. The molecule has 15 heavy (non-hydrogen) atoms. The largest absolute Gasteiger partial charge is 0.503 e. The summed E-state index contributed by atoms with van der Waals surface area (Å²) in [5, 5.41) is 18.2. The van der Waals surface area contributed by atoms with Gasteiger partial charge in [-0.1, -0.05) is 0 Å². The lowest BCUT2D eigenvalue weighted by molar-refractivity contribution is -0.138. The van der Waals surface area contributed by atoms with E-state index in [1.54, 1.807) is 13.0 Å². The van der Waals surface area contributed by atoms with Crippen LogP contribution in [-0.2, 0) is 9.53 Å². The molecule has 0 saturated heterocycles. The van der Waals surface area contributed by atoms with Crippen molar-refractivity contribution in [3.63, 3.8) is 0 Å². The van der Waals surface area contributed by atoms with Gasteiger partial charge in [-0.25, -0.2) is 4.79 Å². The van der Waals surface area contributed by atoms with Crippen molar-refractivity contribution < 1.29 is 19.1 Å². The molecule has 1 aromatic heterocycles. The molecule has 0 aromatic carbocycles. The Morgan fingerprint density at radius 1 is 1.73 bits per heavy atom. The molecule has 0 spiro atoms. The van der Waals surface area contributed by atoms with Crippen molar-refractivity contribution >= 4 is 11.7 Å². The Kier molecular flexibility index (Phi) is 3.52. The molecule has 0 unspecified atom stereocenters. The minimum absolute atomic E-state index is 0.0552. The molecule has 0 aliphatic carbocycles. The minimum atomic E-state index is -0.867. The fraction of sp³-hybridized carbons (Fsp3) is 0.200. The van der Waals surface area contributed by atoms with Crippen molar-refractivity contribution in [2.24, 2.45) is 0 Å². The Hall–Kier alpha value is -2.22. The molecule has 5 heteroatoms. The van der Waals surface area contributed by atoms with Crippen LogP contribution in [0.4, 0.5) is 0 Å². The van der Waals surface area contributed by atoms with E-state index in [-0.39, 0.29) is 12.4 Å². The zero-order valence-corrected chi connectivity index (χ0v) is 8.06. The van der Waals surface area contributed by atoms with Crippen molar-refractivity contribution in [1.29, 1.82) is 5.26 Å². The van der Waals surface area contributed by atoms with Gasteiger partial charge in [0.25, 0.3) is 0 Å². The Labute approximate surface area is 86.2 Å². The second kappa shape index (κ2) is 4.86. The van der Waals surface area contributed by atoms with E-state index in [1.807, 2.05) is 0 Å². The van der Waals surface area contributed by atoms with E-state index in [2.05, 4.69) is 4.74 Å². The standard InChI is InChI=1S/C10H9NO4/c1-2-14-10(13)7(6-11)9(12)8-4-3-5-15-8/h3-5,12H,2H2,1H3/b9-7-. The zero-order chi connectivity index (χ0) is 11.3. The van der Waals surface area contributed by atoms with Gasteiger partial charge >= 0.3 is 5.97 Å². The molecule has 0 aliphatic heterocycles. The van der Waals surface area contributed by atoms with Gasteiger partial charge < -0.3 is 14.3 Å². The summed E-state index contributed by atoms with van der Waals surface area (Å²) >= 11 is 0. The highest BCUT2D eigenvalue weighted by molar-refractivity contribution is 5.99. The maximum Gasteiger partial charge on any atom is 0.352 e. The number of ether oxygens (including phenoxy) is 1. The summed E-state index contributed by atoms with van der Waals surface area (Å²) in [6, 6.07) is 4.54. The maximum absolute atomic E-state index is 11.2. The van der Waals surface area contributed by atoms with Gasteiger partial charge in [0.1, 0.15) is 6.07 Å². The zero-order valence-electron chi connectivity index (χ0n) is 8.06. The van der Waals surface area contributed by atoms with E-state index in [0.29, 0.717) is 0 Å². The van der Waals surface area contributed by atoms with E-state index >= 15 is 0 Å². The molecule has 0 saturated carbocycles. The summed E-state index contributed by atoms with van der Waals surface area (Å²) in [5.41, 5.74) is -0.466. The summed E-state index contributed by atoms with van der Waals surface area (Å²) in [6.45, 7) is 1.74. The van der Waals surface area contributed by atoms with Crippen molar-refractivity contribution in [3.05, 3.63) is 29.7 Å². The Balaban J connectivity index is 3.05. The third-order valence-corrected chi connectivity index (χ3v) is 1.58. The van der Waals surface area contributed by atoms with Crippen LogP contribution in [0.2, 0.25) is 0 Å². The van der Waals surface area contributed by atoms with Crippen LogP contribution in [-0.4, -0.2) is 17.7 Å². The van der Waals surface area contributed by atoms with E-state index in [9.17, 15) is 9.90 Å². The third kappa shape index (κ3) is 2.38. The number of carbonyl (C=O) groups is 1. The molecule has 0 aliphatic rings. The van der Waals surface area contributed by atoms with Gasteiger partial charge in [0.15, 0.2) is 17.1 Å². The van der Waals surface area contributed by atoms with Crippen LogP contribution in [0.15, 0.2) is 28.4 Å². The van der Waals surface area contributed by atoms with E-state index in [1.165, 1.54) is 18.4 Å². The van der Waals surface area contributed by atoms with Gasteiger partial charge in [0, 0.05) is 0 Å². The first kappa shape index (κ1) is 10.9. The van der Waals surface area contributed by atoms with Crippen LogP contribution in [0.25, 0.3) is 5.76 Å². The lowest BCUT2D eigenvalue weighted by Crippen LogP contribution is -2.08. The minimum Gasteiger partial charge on any atom is -0.503 e. The lowest BCUT2D eigenvalue weighted by Gasteiger charge is -2.01. The summed E-state index contributed by atoms with van der Waals surface area (Å²) in [4.78, 5) is 11.2. The molecule has 0 atom stereocenters. The van der Waals surface area contributed by atoms with Crippen molar-refractivity contribution in [3.8, 4) is 6.07 Å². The number of nitriles is 1. The van der Waals surface area contributed by atoms with E-state index in [4.69, 9.17) is 9.68 Å². The fourth-order valence-electron chi connectivity index (χ4n) is 0.935. The van der Waals surface area contributed by atoms with Crippen molar-refractivity contribution in [1.82, 2.24) is 0 Å². The number of aliphatic hydroxyl groups excluding tert-OH is 1.